The van der Waals surface area contributed by atoms with Gasteiger partial charge in [-0.1, -0.05) is 23.9 Å². The van der Waals surface area contributed by atoms with Gasteiger partial charge in [-0.2, -0.15) is 5.10 Å². The topological polar surface area (TPSA) is 81.2 Å². The molecule has 166 valence electrons. The van der Waals surface area contributed by atoms with Crippen molar-refractivity contribution >= 4 is 28.5 Å². The van der Waals surface area contributed by atoms with Crippen LogP contribution in [0.5, 0.6) is 5.75 Å². The van der Waals surface area contributed by atoms with Crippen molar-refractivity contribution in [3.8, 4) is 5.75 Å². The summed E-state index contributed by atoms with van der Waals surface area (Å²) in [6.45, 7) is 0. The van der Waals surface area contributed by atoms with Gasteiger partial charge in [0.25, 0.3) is 0 Å². The molecule has 2 aromatic rings. The van der Waals surface area contributed by atoms with E-state index in [0.29, 0.717) is 0 Å². The summed E-state index contributed by atoms with van der Waals surface area (Å²) in [5.74, 6) is 0.643. The molecule has 1 saturated heterocycles. The third kappa shape index (κ3) is 4.11. The summed E-state index contributed by atoms with van der Waals surface area (Å²) in [5.41, 5.74) is 8.44. The number of anilines is 1. The van der Waals surface area contributed by atoms with Crippen molar-refractivity contribution in [3.05, 3.63) is 72.3 Å². The van der Waals surface area contributed by atoms with Crippen molar-refractivity contribution in [1.29, 1.82) is 0 Å². The van der Waals surface area contributed by atoms with E-state index in [4.69, 9.17) is 4.74 Å². The Kier molecular flexibility index (Phi) is 5.62. The molecule has 0 aliphatic carbocycles. The van der Waals surface area contributed by atoms with Gasteiger partial charge in [-0.3, -0.25) is 10.2 Å². The molecule has 0 aromatic heterocycles. The van der Waals surface area contributed by atoms with Crippen molar-refractivity contribution in [2.75, 3.05) is 18.2 Å². The van der Waals surface area contributed by atoms with E-state index in [1.165, 1.54) is 23.9 Å². The number of nitrogens with zero attached hydrogens (tertiary/aromatic N) is 3. The van der Waals surface area contributed by atoms with Crippen LogP contribution in [0.3, 0.4) is 0 Å². The van der Waals surface area contributed by atoms with Crippen LogP contribution < -0.4 is 20.9 Å². The number of carbonyl (C=O) groups excluding carboxylic acids is 1. The van der Waals surface area contributed by atoms with E-state index in [1.807, 2.05) is 24.5 Å². The van der Waals surface area contributed by atoms with Crippen LogP contribution in [-0.2, 0) is 4.79 Å². The third-order valence-electron chi connectivity index (χ3n) is 5.68. The molecule has 32 heavy (non-hydrogen) atoms. The minimum atomic E-state index is -0.237. The summed E-state index contributed by atoms with van der Waals surface area (Å²) in [5, 5.41) is 10.2. The molecule has 1 amide bonds. The molecule has 2 aromatic carbocycles. The summed E-state index contributed by atoms with van der Waals surface area (Å²) >= 11 is 1.38. The second-order valence-corrected chi connectivity index (χ2v) is 8.63. The zero-order valence-electron chi connectivity index (χ0n) is 17.4. The largest absolute Gasteiger partial charge is 0.497 e. The van der Waals surface area contributed by atoms with Gasteiger partial charge in [-0.25, -0.2) is 9.82 Å². The lowest BCUT2D eigenvalue weighted by Gasteiger charge is -2.36. The Labute approximate surface area is 189 Å². The number of methoxy groups -OCH3 is 1. The fraction of sp³-hybridized carbons (Fsp3) is 0.273. The highest BCUT2D eigenvalue weighted by Gasteiger charge is 2.44. The van der Waals surface area contributed by atoms with Gasteiger partial charge >= 0.3 is 0 Å². The van der Waals surface area contributed by atoms with Gasteiger partial charge in [0.1, 0.15) is 17.7 Å². The first kappa shape index (κ1) is 20.7. The van der Waals surface area contributed by atoms with Gasteiger partial charge < -0.3 is 20.0 Å². The second kappa shape index (κ2) is 8.71. The average molecular weight is 455 g/mol. The van der Waals surface area contributed by atoms with E-state index in [1.54, 1.807) is 31.4 Å². The molecule has 10 heteroatoms. The number of ether oxygens (including phenoxy) is 1. The maximum atomic E-state index is 13.3. The van der Waals surface area contributed by atoms with Crippen molar-refractivity contribution in [2.45, 2.75) is 24.7 Å². The maximum Gasteiger partial charge on any atom is 0.234 e. The average Bonchev–Trinajstić information content (AvgIpc) is 3.42. The zero-order valence-corrected chi connectivity index (χ0v) is 18.2. The standard InChI is InChI=1S/C22H23FN6O2S/c1-31-17-8-6-16(7-9-17)24-20(30)13-32-22-26-25-21-19-12-18(14-2-4-15(23)5-3-14)27-29(19)11-10-28(21)22/h2-11,18-19,21,25,27H,12-13H2,1H3,(H,24,30). The summed E-state index contributed by atoms with van der Waals surface area (Å²) in [6.07, 6.45) is 4.74. The minimum Gasteiger partial charge on any atom is -0.497 e. The number of benzene rings is 2. The normalized spacial score (nSPS) is 23.3. The Morgan fingerprint density at radius 1 is 1.22 bits per heavy atom. The number of nitrogens with one attached hydrogen (secondary N) is 3. The molecule has 8 nitrogen and oxygen atoms in total. The summed E-state index contributed by atoms with van der Waals surface area (Å²) < 4.78 is 18.4. The van der Waals surface area contributed by atoms with Gasteiger partial charge in [0.05, 0.1) is 24.9 Å². The van der Waals surface area contributed by atoms with Crippen LogP contribution in [0, 0.1) is 5.82 Å². The molecule has 0 spiro atoms. The highest BCUT2D eigenvalue weighted by Crippen LogP contribution is 2.35. The number of hydrazine groups is 1. The molecule has 5 rings (SSSR count). The van der Waals surface area contributed by atoms with E-state index in [0.717, 1.165) is 28.6 Å². The highest BCUT2D eigenvalue weighted by atomic mass is 32.2. The Morgan fingerprint density at radius 2 is 2.00 bits per heavy atom. The summed E-state index contributed by atoms with van der Waals surface area (Å²) in [7, 11) is 1.60. The monoisotopic (exact) mass is 454 g/mol. The van der Waals surface area contributed by atoms with Crippen LogP contribution in [0.25, 0.3) is 0 Å². The van der Waals surface area contributed by atoms with Gasteiger partial charge in [-0.15, -0.1) is 0 Å². The van der Waals surface area contributed by atoms with E-state index >= 15 is 0 Å². The number of hydrazone groups is 1. The molecule has 3 N–H and O–H groups in total. The lowest BCUT2D eigenvalue weighted by molar-refractivity contribution is -0.113. The zero-order chi connectivity index (χ0) is 22.1. The van der Waals surface area contributed by atoms with Crippen LogP contribution in [-0.4, -0.2) is 46.1 Å². The molecule has 3 aliphatic heterocycles. The number of carbonyl (C=O) groups is 1. The highest BCUT2D eigenvalue weighted by molar-refractivity contribution is 8.14. The van der Waals surface area contributed by atoms with E-state index < -0.39 is 0 Å². The molecule has 0 radical (unpaired) electrons. The van der Waals surface area contributed by atoms with Gasteiger partial charge in [0, 0.05) is 18.1 Å². The molecule has 0 saturated carbocycles. The molecular weight excluding hydrogens is 431 g/mol. The molecule has 3 aliphatic rings. The van der Waals surface area contributed by atoms with Gasteiger partial charge in [0.2, 0.25) is 5.91 Å². The van der Waals surface area contributed by atoms with Crippen molar-refractivity contribution < 1.29 is 13.9 Å². The Bertz CT molecular complexity index is 1050. The molecule has 3 heterocycles. The number of hydrogen-bond donors (Lipinski definition) is 3. The first-order chi connectivity index (χ1) is 15.6. The van der Waals surface area contributed by atoms with E-state index in [-0.39, 0.29) is 35.7 Å². The Balaban J connectivity index is 1.16. The summed E-state index contributed by atoms with van der Waals surface area (Å²) in [4.78, 5) is 14.4. The predicted molar refractivity (Wildman–Crippen MR) is 122 cm³/mol. The molecule has 3 unspecified atom stereocenters. The summed E-state index contributed by atoms with van der Waals surface area (Å²) in [6, 6.07) is 14.1. The van der Waals surface area contributed by atoms with E-state index in [9.17, 15) is 9.18 Å². The Hall–Kier alpha value is -3.24. The van der Waals surface area contributed by atoms with Crippen LogP contribution in [0.15, 0.2) is 66.0 Å². The van der Waals surface area contributed by atoms with Crippen LogP contribution in [0.2, 0.25) is 0 Å². The number of fused-ring (bicyclic) bond motifs is 3. The molecule has 1 fully saturated rings. The van der Waals surface area contributed by atoms with Gasteiger partial charge in [-0.05, 0) is 48.4 Å². The number of rotatable bonds is 5. The number of halogens is 1. The molecular formula is C22H23FN6O2S. The van der Waals surface area contributed by atoms with Crippen molar-refractivity contribution in [2.24, 2.45) is 5.10 Å². The fourth-order valence-corrected chi connectivity index (χ4v) is 4.84. The Morgan fingerprint density at radius 3 is 2.75 bits per heavy atom. The van der Waals surface area contributed by atoms with Crippen LogP contribution in [0.4, 0.5) is 10.1 Å². The maximum absolute atomic E-state index is 13.3. The van der Waals surface area contributed by atoms with Crippen LogP contribution in [0.1, 0.15) is 18.0 Å². The molecule has 3 atom stereocenters. The first-order valence-electron chi connectivity index (χ1n) is 10.3. The van der Waals surface area contributed by atoms with Crippen molar-refractivity contribution in [1.82, 2.24) is 20.8 Å². The second-order valence-electron chi connectivity index (χ2n) is 7.68. The smallest absolute Gasteiger partial charge is 0.234 e. The third-order valence-corrected chi connectivity index (χ3v) is 6.65. The fourth-order valence-electron chi connectivity index (χ4n) is 4.06. The number of thioether (sulfide) groups is 1. The van der Waals surface area contributed by atoms with Crippen LogP contribution >= 0.6 is 11.8 Å². The lowest BCUT2D eigenvalue weighted by Crippen LogP contribution is -2.54. The van der Waals surface area contributed by atoms with Gasteiger partial charge in [0.15, 0.2) is 5.17 Å². The quantitative estimate of drug-likeness (QED) is 0.641. The number of hydrogen-bond acceptors (Lipinski definition) is 8. The SMILES string of the molecule is COc1ccc(NC(=O)CSC2=NNC3C4CC(c5ccc(F)cc5)NN4C=CN23)cc1. The predicted octanol–water partition coefficient (Wildman–Crippen LogP) is 2.81. The minimum absolute atomic E-state index is 0.0369. The number of amides is 1. The first-order valence-corrected chi connectivity index (χ1v) is 11.3. The van der Waals surface area contributed by atoms with Crippen molar-refractivity contribution in [3.63, 3.8) is 0 Å². The van der Waals surface area contributed by atoms with E-state index in [2.05, 4.69) is 31.2 Å². The molecule has 0 bridgehead atoms. The number of amidine groups is 1. The lowest BCUT2D eigenvalue weighted by atomic mass is 10.00.